The number of aromatic nitrogens is 1. The van der Waals surface area contributed by atoms with Crippen molar-refractivity contribution >= 4 is 17.6 Å². The van der Waals surface area contributed by atoms with Crippen LogP contribution in [0.15, 0.2) is 72.9 Å². The third kappa shape index (κ3) is 4.90. The largest absolute Gasteiger partial charge is 0.383 e. The highest BCUT2D eigenvalue weighted by atomic mass is 16.2. The van der Waals surface area contributed by atoms with Gasteiger partial charge in [-0.3, -0.25) is 9.59 Å². The van der Waals surface area contributed by atoms with Crippen LogP contribution in [0.4, 0.5) is 5.82 Å². The van der Waals surface area contributed by atoms with Crippen LogP contribution in [-0.2, 0) is 11.2 Å². The first-order valence-corrected chi connectivity index (χ1v) is 11.4. The molecule has 6 heteroatoms. The van der Waals surface area contributed by atoms with Gasteiger partial charge in [0.05, 0.1) is 11.0 Å². The summed E-state index contributed by atoms with van der Waals surface area (Å²) in [5.41, 5.74) is 8.98. The molecule has 2 aromatic carbocycles. The summed E-state index contributed by atoms with van der Waals surface area (Å²) in [6, 6.07) is 21.9. The molecule has 0 spiro atoms. The molecule has 1 aliphatic heterocycles. The third-order valence-electron chi connectivity index (χ3n) is 6.33. The number of hydrogen-bond donors (Lipinski definition) is 2. The number of nitrogens with one attached hydrogen (secondary N) is 1. The molecule has 170 valence electrons. The first-order chi connectivity index (χ1) is 16.0. The maximum absolute atomic E-state index is 13.4. The number of carbonyl (C=O) groups excluding carboxylic acids is 2. The maximum atomic E-state index is 13.4. The van der Waals surface area contributed by atoms with E-state index in [0.29, 0.717) is 31.6 Å². The molecular weight excluding hydrogens is 412 g/mol. The lowest BCUT2D eigenvalue weighted by molar-refractivity contribution is -0.133. The van der Waals surface area contributed by atoms with E-state index in [0.717, 1.165) is 29.5 Å². The molecule has 2 heterocycles. The number of anilines is 1. The van der Waals surface area contributed by atoms with Gasteiger partial charge in [0.1, 0.15) is 5.82 Å². The molecule has 1 aromatic heterocycles. The van der Waals surface area contributed by atoms with Gasteiger partial charge in [0, 0.05) is 25.8 Å². The Morgan fingerprint density at radius 3 is 2.61 bits per heavy atom. The van der Waals surface area contributed by atoms with Crippen molar-refractivity contribution in [3.05, 3.63) is 84.1 Å². The second kappa shape index (κ2) is 9.86. The summed E-state index contributed by atoms with van der Waals surface area (Å²) in [6.07, 6.45) is 3.61. The number of pyridine rings is 1. The van der Waals surface area contributed by atoms with Gasteiger partial charge in [-0.1, -0.05) is 54.6 Å². The van der Waals surface area contributed by atoms with Crippen LogP contribution < -0.4 is 11.1 Å². The van der Waals surface area contributed by atoms with Gasteiger partial charge >= 0.3 is 0 Å². The molecule has 4 rings (SSSR count). The summed E-state index contributed by atoms with van der Waals surface area (Å²) in [4.78, 5) is 32.4. The van der Waals surface area contributed by atoms with Crippen LogP contribution in [0.25, 0.3) is 11.1 Å². The summed E-state index contributed by atoms with van der Waals surface area (Å²) in [6.45, 7) is 3.41. The molecule has 0 bridgehead atoms. The molecule has 3 aromatic rings. The number of benzene rings is 2. The number of likely N-dealkylation sites (tertiary alicyclic amines) is 1. The standard InChI is InChI=1S/C27H30N4O2/c1-2-29-26(33)27(18-20-9-6-12-22(17-20)21-10-4-3-5-11-21)14-8-16-31(19-27)25(32)23-13-7-15-30-24(23)28/h3-7,9-13,15,17H,2,8,14,16,18-19H2,1H3,(H2,28,30)(H,29,33)/t27-/m0/s1. The first kappa shape index (κ1) is 22.5. The van der Waals surface area contributed by atoms with Crippen molar-refractivity contribution in [2.45, 2.75) is 26.2 Å². The third-order valence-corrected chi connectivity index (χ3v) is 6.33. The Hall–Kier alpha value is -3.67. The Bertz CT molecular complexity index is 1130. The Balaban J connectivity index is 1.64. The minimum Gasteiger partial charge on any atom is -0.383 e. The zero-order valence-corrected chi connectivity index (χ0v) is 19.0. The second-order valence-electron chi connectivity index (χ2n) is 8.65. The lowest BCUT2D eigenvalue weighted by atomic mass is 9.73. The quantitative estimate of drug-likeness (QED) is 0.605. The summed E-state index contributed by atoms with van der Waals surface area (Å²) >= 11 is 0. The van der Waals surface area contributed by atoms with Crippen LogP contribution in [0.1, 0.15) is 35.7 Å². The Labute approximate surface area is 194 Å². The number of nitrogen functional groups attached to an aromatic ring is 1. The van der Waals surface area contributed by atoms with Crippen LogP contribution in [0.5, 0.6) is 0 Å². The van der Waals surface area contributed by atoms with Gasteiger partial charge in [0.15, 0.2) is 0 Å². The monoisotopic (exact) mass is 442 g/mol. The minimum atomic E-state index is -0.698. The molecule has 1 aliphatic rings. The molecular formula is C27H30N4O2. The summed E-state index contributed by atoms with van der Waals surface area (Å²) in [5, 5.41) is 3.02. The van der Waals surface area contributed by atoms with Gasteiger partial charge in [0.25, 0.3) is 5.91 Å². The predicted octanol–water partition coefficient (Wildman–Crippen LogP) is 3.93. The number of hydrogen-bond acceptors (Lipinski definition) is 4. The van der Waals surface area contributed by atoms with E-state index in [9.17, 15) is 9.59 Å². The van der Waals surface area contributed by atoms with Gasteiger partial charge < -0.3 is 16.0 Å². The molecule has 0 radical (unpaired) electrons. The molecule has 33 heavy (non-hydrogen) atoms. The van der Waals surface area contributed by atoms with E-state index < -0.39 is 5.41 Å². The van der Waals surface area contributed by atoms with Crippen molar-refractivity contribution < 1.29 is 9.59 Å². The van der Waals surface area contributed by atoms with Crippen molar-refractivity contribution in [3.8, 4) is 11.1 Å². The molecule has 2 amide bonds. The zero-order chi connectivity index (χ0) is 23.3. The van der Waals surface area contributed by atoms with Crippen LogP contribution in [0.2, 0.25) is 0 Å². The highest BCUT2D eigenvalue weighted by Gasteiger charge is 2.43. The number of carbonyl (C=O) groups is 2. The Kier molecular flexibility index (Phi) is 6.73. The van der Waals surface area contributed by atoms with Gasteiger partial charge in [-0.05, 0) is 55.0 Å². The molecule has 0 unspecified atom stereocenters. The normalized spacial score (nSPS) is 18.0. The fourth-order valence-corrected chi connectivity index (χ4v) is 4.71. The van der Waals surface area contributed by atoms with E-state index in [4.69, 9.17) is 5.73 Å². The molecule has 6 nitrogen and oxygen atoms in total. The number of amides is 2. The van der Waals surface area contributed by atoms with Gasteiger partial charge in [-0.15, -0.1) is 0 Å². The number of nitrogens with two attached hydrogens (primary N) is 1. The van der Waals surface area contributed by atoms with E-state index in [1.54, 1.807) is 23.2 Å². The lowest BCUT2D eigenvalue weighted by Gasteiger charge is -2.42. The zero-order valence-electron chi connectivity index (χ0n) is 19.0. The van der Waals surface area contributed by atoms with Crippen LogP contribution in [0, 0.1) is 5.41 Å². The summed E-state index contributed by atoms with van der Waals surface area (Å²) < 4.78 is 0. The fourth-order valence-electron chi connectivity index (χ4n) is 4.71. The van der Waals surface area contributed by atoms with Crippen LogP contribution in [0.3, 0.4) is 0 Å². The Morgan fingerprint density at radius 2 is 1.85 bits per heavy atom. The van der Waals surface area contributed by atoms with E-state index >= 15 is 0 Å². The van der Waals surface area contributed by atoms with Crippen LogP contribution >= 0.6 is 0 Å². The Morgan fingerprint density at radius 1 is 1.06 bits per heavy atom. The van der Waals surface area contributed by atoms with Crippen molar-refractivity contribution in [2.24, 2.45) is 5.41 Å². The fraction of sp³-hybridized carbons (Fsp3) is 0.296. The second-order valence-corrected chi connectivity index (χ2v) is 8.65. The van der Waals surface area contributed by atoms with Gasteiger partial charge in [0.2, 0.25) is 5.91 Å². The van der Waals surface area contributed by atoms with Crippen molar-refractivity contribution in [2.75, 3.05) is 25.4 Å². The maximum Gasteiger partial charge on any atom is 0.257 e. The molecule has 0 aliphatic carbocycles. The van der Waals surface area contributed by atoms with E-state index in [-0.39, 0.29) is 17.6 Å². The highest BCUT2D eigenvalue weighted by molar-refractivity contribution is 5.98. The lowest BCUT2D eigenvalue weighted by Crippen LogP contribution is -2.54. The summed E-state index contributed by atoms with van der Waals surface area (Å²) in [7, 11) is 0. The number of nitrogens with zero attached hydrogens (tertiary/aromatic N) is 2. The SMILES string of the molecule is CCNC(=O)[C@]1(Cc2cccc(-c3ccccc3)c2)CCCN(C(=O)c2cccnc2N)C1. The van der Waals surface area contributed by atoms with Crippen molar-refractivity contribution in [3.63, 3.8) is 0 Å². The smallest absolute Gasteiger partial charge is 0.257 e. The van der Waals surface area contributed by atoms with E-state index in [1.165, 1.54) is 0 Å². The van der Waals surface area contributed by atoms with E-state index in [2.05, 4.69) is 40.6 Å². The predicted molar refractivity (Wildman–Crippen MR) is 130 cm³/mol. The topological polar surface area (TPSA) is 88.3 Å². The molecule has 1 fully saturated rings. The molecule has 1 atom stereocenters. The van der Waals surface area contributed by atoms with Gasteiger partial charge in [-0.25, -0.2) is 4.98 Å². The molecule has 1 saturated heterocycles. The average Bonchev–Trinajstić information content (AvgIpc) is 2.85. The number of piperidine rings is 1. The van der Waals surface area contributed by atoms with Crippen molar-refractivity contribution in [1.29, 1.82) is 0 Å². The highest BCUT2D eigenvalue weighted by Crippen LogP contribution is 2.36. The first-order valence-electron chi connectivity index (χ1n) is 11.4. The molecule has 0 saturated carbocycles. The van der Waals surface area contributed by atoms with Crippen molar-refractivity contribution in [1.82, 2.24) is 15.2 Å². The average molecular weight is 443 g/mol. The molecule has 3 N–H and O–H groups in total. The van der Waals surface area contributed by atoms with Crippen LogP contribution in [-0.4, -0.2) is 41.3 Å². The van der Waals surface area contributed by atoms with E-state index in [1.807, 2.05) is 31.2 Å². The minimum absolute atomic E-state index is 0.00762. The van der Waals surface area contributed by atoms with Gasteiger partial charge in [-0.2, -0.15) is 0 Å². The number of rotatable bonds is 6. The summed E-state index contributed by atoms with van der Waals surface area (Å²) in [5.74, 6) is 0.0334.